The summed E-state index contributed by atoms with van der Waals surface area (Å²) in [5, 5.41) is 10.2. The quantitative estimate of drug-likeness (QED) is 0.870. The lowest BCUT2D eigenvalue weighted by atomic mass is 9.98. The van der Waals surface area contributed by atoms with Crippen molar-refractivity contribution in [3.05, 3.63) is 23.8 Å². The second-order valence-corrected chi connectivity index (χ2v) is 5.22. The second kappa shape index (κ2) is 7.50. The predicted molar refractivity (Wildman–Crippen MR) is 77.3 cm³/mol. The van der Waals surface area contributed by atoms with Crippen LogP contribution in [-0.4, -0.2) is 32.0 Å². The van der Waals surface area contributed by atoms with Gasteiger partial charge in [-0.25, -0.2) is 0 Å². The number of aliphatic hydroxyl groups excluding tert-OH is 1. The van der Waals surface area contributed by atoms with Crippen molar-refractivity contribution >= 4 is 0 Å². The van der Waals surface area contributed by atoms with Crippen molar-refractivity contribution in [3.63, 3.8) is 0 Å². The van der Waals surface area contributed by atoms with Crippen molar-refractivity contribution in [1.82, 2.24) is 0 Å². The van der Waals surface area contributed by atoms with Gasteiger partial charge in [-0.2, -0.15) is 0 Å². The molecule has 4 heteroatoms. The van der Waals surface area contributed by atoms with Gasteiger partial charge in [0, 0.05) is 0 Å². The number of rotatable bonds is 6. The molecular weight excluding hydrogens is 256 g/mol. The third kappa shape index (κ3) is 3.87. The highest BCUT2D eigenvalue weighted by Gasteiger charge is 2.17. The molecule has 0 bridgehead atoms. The summed E-state index contributed by atoms with van der Waals surface area (Å²) in [6.45, 7) is 0.333. The number of hydrogen-bond acceptors (Lipinski definition) is 4. The molecule has 0 amide bonds. The Hall–Kier alpha value is -1.26. The minimum absolute atomic E-state index is 0.304. The van der Waals surface area contributed by atoms with E-state index in [0.29, 0.717) is 24.2 Å². The molecule has 0 heterocycles. The zero-order valence-electron chi connectivity index (χ0n) is 12.3. The monoisotopic (exact) mass is 280 g/mol. The van der Waals surface area contributed by atoms with Gasteiger partial charge in [0.1, 0.15) is 6.10 Å². The molecule has 1 saturated carbocycles. The maximum absolute atomic E-state index is 10.2. The Kier molecular flexibility index (Phi) is 5.68. The number of ether oxygens (including phenoxy) is 3. The Bertz CT molecular complexity index is 413. The fourth-order valence-electron chi connectivity index (χ4n) is 2.62. The first kappa shape index (κ1) is 15.1. The van der Waals surface area contributed by atoms with E-state index in [4.69, 9.17) is 14.2 Å². The van der Waals surface area contributed by atoms with Crippen LogP contribution >= 0.6 is 0 Å². The smallest absolute Gasteiger partial charge is 0.161 e. The third-order valence-corrected chi connectivity index (χ3v) is 3.83. The van der Waals surface area contributed by atoms with E-state index in [2.05, 4.69) is 0 Å². The highest BCUT2D eigenvalue weighted by molar-refractivity contribution is 5.43. The van der Waals surface area contributed by atoms with Gasteiger partial charge in [-0.3, -0.25) is 0 Å². The van der Waals surface area contributed by atoms with Crippen molar-refractivity contribution in [2.45, 2.75) is 44.3 Å². The molecule has 4 nitrogen and oxygen atoms in total. The molecule has 1 aliphatic rings. The highest BCUT2D eigenvalue weighted by Crippen LogP contribution is 2.30. The minimum atomic E-state index is -0.628. The van der Waals surface area contributed by atoms with Crippen LogP contribution in [0.4, 0.5) is 0 Å². The van der Waals surface area contributed by atoms with Gasteiger partial charge in [0.25, 0.3) is 0 Å². The summed E-state index contributed by atoms with van der Waals surface area (Å²) in [6.07, 6.45) is 5.67. The van der Waals surface area contributed by atoms with Crippen LogP contribution in [0, 0.1) is 0 Å². The van der Waals surface area contributed by atoms with Crippen LogP contribution in [0.2, 0.25) is 0 Å². The van der Waals surface area contributed by atoms with Crippen molar-refractivity contribution in [3.8, 4) is 11.5 Å². The number of benzene rings is 1. The molecule has 1 aromatic rings. The van der Waals surface area contributed by atoms with Crippen molar-refractivity contribution in [1.29, 1.82) is 0 Å². The molecule has 1 atom stereocenters. The van der Waals surface area contributed by atoms with Gasteiger partial charge in [-0.1, -0.05) is 25.3 Å². The molecule has 0 saturated heterocycles. The van der Waals surface area contributed by atoms with Gasteiger partial charge in [-0.15, -0.1) is 0 Å². The average Bonchev–Trinajstić information content (AvgIpc) is 2.52. The zero-order chi connectivity index (χ0) is 14.4. The first-order valence-electron chi connectivity index (χ1n) is 7.26. The van der Waals surface area contributed by atoms with E-state index < -0.39 is 6.10 Å². The molecule has 1 aromatic carbocycles. The molecule has 1 aliphatic carbocycles. The van der Waals surface area contributed by atoms with Crippen molar-refractivity contribution in [2.75, 3.05) is 20.8 Å². The zero-order valence-corrected chi connectivity index (χ0v) is 12.3. The molecule has 1 N–H and O–H groups in total. The number of hydrogen-bond donors (Lipinski definition) is 1. The number of aliphatic hydroxyl groups is 1. The first-order valence-corrected chi connectivity index (χ1v) is 7.26. The van der Waals surface area contributed by atoms with Crippen LogP contribution in [0.1, 0.15) is 43.8 Å². The van der Waals surface area contributed by atoms with E-state index in [1.807, 2.05) is 6.07 Å². The van der Waals surface area contributed by atoms with Crippen molar-refractivity contribution in [2.24, 2.45) is 0 Å². The van der Waals surface area contributed by atoms with E-state index in [-0.39, 0.29) is 0 Å². The Labute approximate surface area is 120 Å². The molecular formula is C16H24O4. The summed E-state index contributed by atoms with van der Waals surface area (Å²) >= 11 is 0. The normalized spacial score (nSPS) is 17.8. The maximum atomic E-state index is 10.2. The van der Waals surface area contributed by atoms with Gasteiger partial charge in [-0.05, 0) is 30.5 Å². The fourth-order valence-corrected chi connectivity index (χ4v) is 2.62. The lowest BCUT2D eigenvalue weighted by Gasteiger charge is -2.23. The summed E-state index contributed by atoms with van der Waals surface area (Å²) < 4.78 is 16.2. The minimum Gasteiger partial charge on any atom is -0.493 e. The van der Waals surface area contributed by atoms with Crippen LogP contribution in [0.25, 0.3) is 0 Å². The standard InChI is InChI=1S/C16H24O4/c1-18-15-9-8-12(10-16(15)19-2)14(17)11-20-13-6-4-3-5-7-13/h8-10,13-14,17H,3-7,11H2,1-2H3. The molecule has 1 unspecified atom stereocenters. The molecule has 0 aliphatic heterocycles. The van der Waals surface area contributed by atoms with Gasteiger partial charge in [0.05, 0.1) is 26.9 Å². The third-order valence-electron chi connectivity index (χ3n) is 3.83. The van der Waals surface area contributed by atoms with E-state index in [0.717, 1.165) is 18.4 Å². The molecule has 2 rings (SSSR count). The van der Waals surface area contributed by atoms with Gasteiger partial charge >= 0.3 is 0 Å². The van der Waals surface area contributed by atoms with Crippen LogP contribution in [-0.2, 0) is 4.74 Å². The summed E-state index contributed by atoms with van der Waals surface area (Å²) in [5.74, 6) is 1.29. The maximum Gasteiger partial charge on any atom is 0.161 e. The van der Waals surface area contributed by atoms with Crippen LogP contribution in [0.3, 0.4) is 0 Å². The first-order chi connectivity index (χ1) is 9.74. The van der Waals surface area contributed by atoms with Crippen LogP contribution in [0.5, 0.6) is 11.5 Å². The van der Waals surface area contributed by atoms with Gasteiger partial charge in [0.15, 0.2) is 11.5 Å². The Morgan fingerprint density at radius 2 is 1.80 bits per heavy atom. The summed E-state index contributed by atoms with van der Waals surface area (Å²) in [4.78, 5) is 0. The summed E-state index contributed by atoms with van der Waals surface area (Å²) in [6, 6.07) is 5.45. The fraction of sp³-hybridized carbons (Fsp3) is 0.625. The molecule has 0 radical (unpaired) electrons. The largest absolute Gasteiger partial charge is 0.493 e. The Morgan fingerprint density at radius 1 is 1.10 bits per heavy atom. The van der Waals surface area contributed by atoms with Gasteiger partial charge < -0.3 is 19.3 Å². The van der Waals surface area contributed by atoms with E-state index in [1.54, 1.807) is 26.4 Å². The SMILES string of the molecule is COc1ccc(C(O)COC2CCCCC2)cc1OC. The second-order valence-electron chi connectivity index (χ2n) is 5.22. The van der Waals surface area contributed by atoms with Gasteiger partial charge in [0.2, 0.25) is 0 Å². The molecule has 0 spiro atoms. The lowest BCUT2D eigenvalue weighted by molar-refractivity contribution is -0.0246. The number of methoxy groups -OCH3 is 2. The summed E-state index contributed by atoms with van der Waals surface area (Å²) in [7, 11) is 3.19. The highest BCUT2D eigenvalue weighted by atomic mass is 16.5. The Morgan fingerprint density at radius 3 is 2.45 bits per heavy atom. The lowest BCUT2D eigenvalue weighted by Crippen LogP contribution is -2.20. The molecule has 20 heavy (non-hydrogen) atoms. The summed E-state index contributed by atoms with van der Waals surface area (Å²) in [5.41, 5.74) is 0.790. The Balaban J connectivity index is 1.92. The van der Waals surface area contributed by atoms with E-state index in [9.17, 15) is 5.11 Å². The van der Waals surface area contributed by atoms with Crippen molar-refractivity contribution < 1.29 is 19.3 Å². The predicted octanol–water partition coefficient (Wildman–Crippen LogP) is 3.09. The molecule has 1 fully saturated rings. The average molecular weight is 280 g/mol. The topological polar surface area (TPSA) is 47.9 Å². The van der Waals surface area contributed by atoms with E-state index >= 15 is 0 Å². The van der Waals surface area contributed by atoms with Crippen LogP contribution < -0.4 is 9.47 Å². The van der Waals surface area contributed by atoms with Crippen LogP contribution in [0.15, 0.2) is 18.2 Å². The van der Waals surface area contributed by atoms with E-state index in [1.165, 1.54) is 19.3 Å². The molecule has 112 valence electrons. The molecule has 0 aromatic heterocycles.